The van der Waals surface area contributed by atoms with Crippen LogP contribution in [0.3, 0.4) is 0 Å². The van der Waals surface area contributed by atoms with Crippen LogP contribution in [0.2, 0.25) is 0 Å². The number of rotatable bonds is 3. The number of benzene rings is 2. The molecule has 0 fully saturated rings. The summed E-state index contributed by atoms with van der Waals surface area (Å²) in [5.41, 5.74) is 2.65. The number of methoxy groups -OCH3 is 1. The molecule has 3 aromatic rings. The summed E-state index contributed by atoms with van der Waals surface area (Å²) in [6.07, 6.45) is -0.775. The molecule has 0 unspecified atom stereocenters. The molecule has 0 aliphatic heterocycles. The van der Waals surface area contributed by atoms with Crippen LogP contribution in [0.4, 0.5) is 0 Å². The first-order valence-corrected chi connectivity index (χ1v) is 6.44. The van der Waals surface area contributed by atoms with Crippen molar-refractivity contribution < 1.29 is 9.84 Å². The second-order valence-electron chi connectivity index (χ2n) is 4.70. The van der Waals surface area contributed by atoms with E-state index in [1.54, 1.807) is 7.11 Å². The first-order chi connectivity index (χ1) is 9.70. The van der Waals surface area contributed by atoms with E-state index in [0.29, 0.717) is 5.82 Å². The van der Waals surface area contributed by atoms with Crippen molar-refractivity contribution in [3.8, 4) is 5.75 Å². The van der Waals surface area contributed by atoms with Crippen LogP contribution in [0.1, 0.15) is 17.5 Å². The third kappa shape index (κ3) is 2.04. The summed E-state index contributed by atoms with van der Waals surface area (Å²) in [5, 5.41) is 10.6. The highest BCUT2D eigenvalue weighted by molar-refractivity contribution is 5.76. The smallest absolute Gasteiger partial charge is 0.143 e. The first-order valence-electron chi connectivity index (χ1n) is 6.44. The summed E-state index contributed by atoms with van der Waals surface area (Å²) in [6, 6.07) is 15.2. The Morgan fingerprint density at radius 1 is 1.15 bits per heavy atom. The summed E-state index contributed by atoms with van der Waals surface area (Å²) in [4.78, 5) is 4.52. The Bertz CT molecular complexity index is 749. The molecule has 2 aromatic carbocycles. The molecule has 1 atom stereocenters. The highest BCUT2D eigenvalue weighted by Gasteiger charge is 2.18. The Labute approximate surface area is 117 Å². The molecule has 3 rings (SSSR count). The van der Waals surface area contributed by atoms with Crippen molar-refractivity contribution >= 4 is 11.0 Å². The van der Waals surface area contributed by atoms with E-state index in [0.717, 1.165) is 22.3 Å². The Balaban J connectivity index is 2.07. The molecule has 0 aliphatic carbocycles. The van der Waals surface area contributed by atoms with Crippen LogP contribution in [-0.2, 0) is 7.05 Å². The number of aliphatic hydroxyl groups is 1. The fourth-order valence-electron chi connectivity index (χ4n) is 2.37. The van der Waals surface area contributed by atoms with Crippen molar-refractivity contribution in [1.82, 2.24) is 9.55 Å². The van der Waals surface area contributed by atoms with E-state index < -0.39 is 6.10 Å². The number of fused-ring (bicyclic) bond motifs is 1. The molecule has 4 nitrogen and oxygen atoms in total. The van der Waals surface area contributed by atoms with Gasteiger partial charge in [-0.2, -0.15) is 0 Å². The molecule has 0 aliphatic rings. The molecule has 102 valence electrons. The largest absolute Gasteiger partial charge is 0.497 e. The summed E-state index contributed by atoms with van der Waals surface area (Å²) < 4.78 is 7.11. The zero-order valence-corrected chi connectivity index (χ0v) is 11.4. The number of aromatic nitrogens is 2. The van der Waals surface area contributed by atoms with Crippen molar-refractivity contribution in [3.05, 3.63) is 59.9 Å². The number of nitrogens with zero attached hydrogens (tertiary/aromatic N) is 2. The topological polar surface area (TPSA) is 47.3 Å². The standard InChI is InChI=1S/C16H16N2O2/c1-18-14-9-4-3-8-13(14)17-16(18)15(19)11-6-5-7-12(10-11)20-2/h3-10,15,19H,1-2H3/t15-/m0/s1. The molecular formula is C16H16N2O2. The third-order valence-corrected chi connectivity index (χ3v) is 3.48. The number of hydrogen-bond acceptors (Lipinski definition) is 3. The lowest BCUT2D eigenvalue weighted by atomic mass is 10.1. The van der Waals surface area contributed by atoms with Gasteiger partial charge < -0.3 is 14.4 Å². The molecule has 0 bridgehead atoms. The first kappa shape index (κ1) is 12.7. The lowest BCUT2D eigenvalue weighted by molar-refractivity contribution is 0.206. The van der Waals surface area contributed by atoms with Crippen LogP contribution >= 0.6 is 0 Å². The van der Waals surface area contributed by atoms with E-state index >= 15 is 0 Å². The van der Waals surface area contributed by atoms with Crippen LogP contribution in [0, 0.1) is 0 Å². The number of aryl methyl sites for hydroxylation is 1. The van der Waals surface area contributed by atoms with Crippen LogP contribution in [0.15, 0.2) is 48.5 Å². The van der Waals surface area contributed by atoms with Gasteiger partial charge in [0.15, 0.2) is 0 Å². The number of imidazole rings is 1. The molecule has 0 radical (unpaired) electrons. The third-order valence-electron chi connectivity index (χ3n) is 3.48. The zero-order chi connectivity index (χ0) is 14.1. The predicted molar refractivity (Wildman–Crippen MR) is 77.8 cm³/mol. The van der Waals surface area contributed by atoms with Crippen molar-refractivity contribution in [1.29, 1.82) is 0 Å². The quantitative estimate of drug-likeness (QED) is 0.794. The zero-order valence-electron chi connectivity index (χ0n) is 11.4. The molecule has 0 spiro atoms. The van der Waals surface area contributed by atoms with Crippen LogP contribution in [-0.4, -0.2) is 21.8 Å². The second-order valence-corrected chi connectivity index (χ2v) is 4.70. The van der Waals surface area contributed by atoms with E-state index in [1.165, 1.54) is 0 Å². The van der Waals surface area contributed by atoms with E-state index in [9.17, 15) is 5.11 Å². The molecule has 1 heterocycles. The van der Waals surface area contributed by atoms with Gasteiger partial charge in [0.25, 0.3) is 0 Å². The summed E-state index contributed by atoms with van der Waals surface area (Å²) >= 11 is 0. The Morgan fingerprint density at radius 2 is 1.95 bits per heavy atom. The van der Waals surface area contributed by atoms with Gasteiger partial charge >= 0.3 is 0 Å². The maximum atomic E-state index is 10.6. The Hall–Kier alpha value is -2.33. The van der Waals surface area contributed by atoms with Crippen molar-refractivity contribution in [2.45, 2.75) is 6.10 Å². The van der Waals surface area contributed by atoms with Gasteiger partial charge in [0.2, 0.25) is 0 Å². The van der Waals surface area contributed by atoms with Gasteiger partial charge in [-0.1, -0.05) is 24.3 Å². The van der Waals surface area contributed by atoms with Crippen molar-refractivity contribution in [2.75, 3.05) is 7.11 Å². The average molecular weight is 268 g/mol. The van der Waals surface area contributed by atoms with Crippen LogP contribution < -0.4 is 4.74 Å². The van der Waals surface area contributed by atoms with E-state index in [1.807, 2.05) is 60.1 Å². The molecule has 1 N–H and O–H groups in total. The van der Waals surface area contributed by atoms with Gasteiger partial charge in [-0.05, 0) is 29.8 Å². The van der Waals surface area contributed by atoms with Gasteiger partial charge in [-0.15, -0.1) is 0 Å². The minimum atomic E-state index is -0.775. The average Bonchev–Trinajstić information content (AvgIpc) is 2.84. The van der Waals surface area contributed by atoms with Gasteiger partial charge in [0.05, 0.1) is 18.1 Å². The Kier molecular flexibility index (Phi) is 3.16. The Morgan fingerprint density at radius 3 is 2.70 bits per heavy atom. The van der Waals surface area contributed by atoms with E-state index in [4.69, 9.17) is 4.74 Å². The monoisotopic (exact) mass is 268 g/mol. The van der Waals surface area contributed by atoms with Gasteiger partial charge in [0, 0.05) is 7.05 Å². The van der Waals surface area contributed by atoms with Crippen molar-refractivity contribution in [2.24, 2.45) is 7.05 Å². The second kappa shape index (κ2) is 4.98. The SMILES string of the molecule is COc1cccc([C@H](O)c2nc3ccccc3n2C)c1. The molecule has 20 heavy (non-hydrogen) atoms. The van der Waals surface area contributed by atoms with Gasteiger partial charge in [-0.25, -0.2) is 4.98 Å². The molecule has 0 saturated heterocycles. The van der Waals surface area contributed by atoms with Crippen molar-refractivity contribution in [3.63, 3.8) is 0 Å². The summed E-state index contributed by atoms with van der Waals surface area (Å²) in [6.45, 7) is 0. The predicted octanol–water partition coefficient (Wildman–Crippen LogP) is 2.66. The van der Waals surface area contributed by atoms with Crippen LogP contribution in [0.25, 0.3) is 11.0 Å². The fourth-order valence-corrected chi connectivity index (χ4v) is 2.37. The molecule has 1 aromatic heterocycles. The fraction of sp³-hybridized carbons (Fsp3) is 0.188. The molecule has 4 heteroatoms. The van der Waals surface area contributed by atoms with Gasteiger partial charge in [0.1, 0.15) is 17.7 Å². The number of aliphatic hydroxyl groups excluding tert-OH is 1. The maximum absolute atomic E-state index is 10.6. The maximum Gasteiger partial charge on any atom is 0.143 e. The minimum absolute atomic E-state index is 0.624. The number of ether oxygens (including phenoxy) is 1. The highest BCUT2D eigenvalue weighted by atomic mass is 16.5. The summed E-state index contributed by atoms with van der Waals surface area (Å²) in [7, 11) is 3.52. The normalized spacial score (nSPS) is 12.6. The highest BCUT2D eigenvalue weighted by Crippen LogP contribution is 2.26. The molecular weight excluding hydrogens is 252 g/mol. The lowest BCUT2D eigenvalue weighted by Gasteiger charge is -2.12. The lowest BCUT2D eigenvalue weighted by Crippen LogP contribution is -2.07. The van der Waals surface area contributed by atoms with E-state index in [-0.39, 0.29) is 0 Å². The number of para-hydroxylation sites is 2. The molecule has 0 saturated carbocycles. The van der Waals surface area contributed by atoms with Gasteiger partial charge in [-0.3, -0.25) is 0 Å². The van der Waals surface area contributed by atoms with Crippen LogP contribution in [0.5, 0.6) is 5.75 Å². The minimum Gasteiger partial charge on any atom is -0.497 e. The summed E-state index contributed by atoms with van der Waals surface area (Å²) in [5.74, 6) is 1.35. The number of hydrogen-bond donors (Lipinski definition) is 1. The molecule has 0 amide bonds. The van der Waals surface area contributed by atoms with E-state index in [2.05, 4.69) is 4.98 Å².